The van der Waals surface area contributed by atoms with Crippen LogP contribution in [0.2, 0.25) is 0 Å². The highest BCUT2D eigenvalue weighted by molar-refractivity contribution is 5.81. The number of amides is 3. The molecule has 128 valence electrons. The van der Waals surface area contributed by atoms with Crippen molar-refractivity contribution in [3.63, 3.8) is 0 Å². The van der Waals surface area contributed by atoms with E-state index in [4.69, 9.17) is 4.74 Å². The molecule has 2 saturated heterocycles. The molecule has 0 saturated carbocycles. The molecule has 0 aromatic heterocycles. The molecule has 22 heavy (non-hydrogen) atoms. The van der Waals surface area contributed by atoms with Crippen LogP contribution in [0.3, 0.4) is 0 Å². The van der Waals surface area contributed by atoms with E-state index in [0.717, 1.165) is 45.4 Å². The standard InChI is InChI=1S/C8H16N2O.C8H15NO2/c1-7(2)9-8(11)10-5-3-4-6-10;1-6(2)9-8(10)7-4-3-5-11-7/h7H,3-6H2,1-2H3,(H,9,11);6-7H,3-5H2,1-2H3,(H,9,10). The molecular formula is C16H31N3O3. The van der Waals surface area contributed by atoms with Gasteiger partial charge in [-0.3, -0.25) is 4.79 Å². The quantitative estimate of drug-likeness (QED) is 0.836. The van der Waals surface area contributed by atoms with Crippen LogP contribution in [-0.2, 0) is 9.53 Å². The monoisotopic (exact) mass is 313 g/mol. The molecule has 0 spiro atoms. The molecule has 3 amide bonds. The maximum Gasteiger partial charge on any atom is 0.317 e. The molecule has 0 aromatic carbocycles. The predicted octanol–water partition coefficient (Wildman–Crippen LogP) is 1.89. The fourth-order valence-electron chi connectivity index (χ4n) is 2.42. The minimum atomic E-state index is -0.183. The molecule has 2 N–H and O–H groups in total. The summed E-state index contributed by atoms with van der Waals surface area (Å²) in [7, 11) is 0. The van der Waals surface area contributed by atoms with Gasteiger partial charge in [0.25, 0.3) is 0 Å². The highest BCUT2D eigenvalue weighted by Crippen LogP contribution is 2.11. The van der Waals surface area contributed by atoms with E-state index in [-0.39, 0.29) is 30.1 Å². The zero-order valence-electron chi connectivity index (χ0n) is 14.4. The van der Waals surface area contributed by atoms with Gasteiger partial charge in [-0.2, -0.15) is 0 Å². The Hall–Kier alpha value is -1.30. The van der Waals surface area contributed by atoms with Crippen LogP contribution in [0, 0.1) is 0 Å². The lowest BCUT2D eigenvalue weighted by molar-refractivity contribution is -0.130. The van der Waals surface area contributed by atoms with Gasteiger partial charge in [0.1, 0.15) is 6.10 Å². The maximum atomic E-state index is 11.3. The van der Waals surface area contributed by atoms with E-state index in [1.165, 1.54) is 0 Å². The number of likely N-dealkylation sites (tertiary alicyclic amines) is 1. The first-order chi connectivity index (χ1) is 10.4. The Balaban J connectivity index is 0.000000220. The molecule has 0 aliphatic carbocycles. The van der Waals surface area contributed by atoms with Crippen LogP contribution in [0.4, 0.5) is 4.79 Å². The van der Waals surface area contributed by atoms with Crippen molar-refractivity contribution in [2.75, 3.05) is 19.7 Å². The molecule has 1 unspecified atom stereocenters. The molecule has 2 aliphatic rings. The number of urea groups is 1. The Kier molecular flexibility index (Phi) is 8.24. The minimum Gasteiger partial charge on any atom is -0.368 e. The van der Waals surface area contributed by atoms with Gasteiger partial charge in [-0.15, -0.1) is 0 Å². The second kappa shape index (κ2) is 9.66. The molecule has 0 radical (unpaired) electrons. The predicted molar refractivity (Wildman–Crippen MR) is 86.7 cm³/mol. The molecule has 0 aromatic rings. The van der Waals surface area contributed by atoms with Crippen LogP contribution in [0.15, 0.2) is 0 Å². The maximum absolute atomic E-state index is 11.3. The number of nitrogens with one attached hydrogen (secondary N) is 2. The van der Waals surface area contributed by atoms with Crippen molar-refractivity contribution in [1.29, 1.82) is 0 Å². The van der Waals surface area contributed by atoms with Crippen molar-refractivity contribution in [2.24, 2.45) is 0 Å². The summed E-state index contributed by atoms with van der Waals surface area (Å²) in [6.45, 7) is 10.5. The van der Waals surface area contributed by atoms with Gasteiger partial charge in [0.05, 0.1) is 0 Å². The second-order valence-corrected chi connectivity index (χ2v) is 6.46. The first-order valence-corrected chi connectivity index (χ1v) is 8.37. The second-order valence-electron chi connectivity index (χ2n) is 6.46. The smallest absolute Gasteiger partial charge is 0.317 e. The lowest BCUT2D eigenvalue weighted by atomic mass is 10.2. The molecule has 0 bridgehead atoms. The summed E-state index contributed by atoms with van der Waals surface area (Å²) in [6, 6.07) is 0.562. The van der Waals surface area contributed by atoms with Crippen LogP contribution < -0.4 is 10.6 Å². The average Bonchev–Trinajstić information content (AvgIpc) is 3.12. The van der Waals surface area contributed by atoms with Gasteiger partial charge in [-0.05, 0) is 53.4 Å². The molecule has 1 atom stereocenters. The third-order valence-corrected chi connectivity index (χ3v) is 3.46. The number of carbonyl (C=O) groups excluding carboxylic acids is 2. The summed E-state index contributed by atoms with van der Waals surface area (Å²) in [6.07, 6.45) is 4.02. The van der Waals surface area contributed by atoms with Gasteiger partial charge in [0.2, 0.25) is 5.91 Å². The van der Waals surface area contributed by atoms with Gasteiger partial charge in [-0.25, -0.2) is 4.79 Å². The summed E-state index contributed by atoms with van der Waals surface area (Å²) in [4.78, 5) is 24.4. The third-order valence-electron chi connectivity index (χ3n) is 3.46. The number of hydrogen-bond acceptors (Lipinski definition) is 3. The summed E-state index contributed by atoms with van der Waals surface area (Å²) in [5.41, 5.74) is 0. The van der Waals surface area contributed by atoms with Gasteiger partial charge < -0.3 is 20.3 Å². The fourth-order valence-corrected chi connectivity index (χ4v) is 2.42. The van der Waals surface area contributed by atoms with Crippen LogP contribution >= 0.6 is 0 Å². The number of hydrogen-bond donors (Lipinski definition) is 2. The van der Waals surface area contributed by atoms with Crippen molar-refractivity contribution < 1.29 is 14.3 Å². The third kappa shape index (κ3) is 7.11. The first kappa shape index (κ1) is 18.7. The van der Waals surface area contributed by atoms with Crippen molar-refractivity contribution in [2.45, 2.75) is 71.6 Å². The first-order valence-electron chi connectivity index (χ1n) is 8.37. The molecule has 2 heterocycles. The molecule has 2 fully saturated rings. The number of rotatable bonds is 3. The van der Waals surface area contributed by atoms with Crippen LogP contribution in [-0.4, -0.2) is 54.7 Å². The largest absolute Gasteiger partial charge is 0.368 e. The molecule has 2 rings (SSSR count). The van der Waals surface area contributed by atoms with E-state index in [1.54, 1.807) is 0 Å². The van der Waals surface area contributed by atoms with Gasteiger partial charge in [0.15, 0.2) is 0 Å². The van der Waals surface area contributed by atoms with Crippen molar-refractivity contribution in [3.05, 3.63) is 0 Å². The van der Waals surface area contributed by atoms with Gasteiger partial charge in [-0.1, -0.05) is 0 Å². The summed E-state index contributed by atoms with van der Waals surface area (Å²) in [5, 5.41) is 5.69. The molecule has 6 nitrogen and oxygen atoms in total. The molecule has 2 aliphatic heterocycles. The fraction of sp³-hybridized carbons (Fsp3) is 0.875. The highest BCUT2D eigenvalue weighted by atomic mass is 16.5. The van der Waals surface area contributed by atoms with Crippen LogP contribution in [0.1, 0.15) is 53.4 Å². The lowest BCUT2D eigenvalue weighted by Gasteiger charge is -2.17. The summed E-state index contributed by atoms with van der Waals surface area (Å²) >= 11 is 0. The zero-order valence-corrected chi connectivity index (χ0v) is 14.4. The van der Waals surface area contributed by atoms with Gasteiger partial charge in [0, 0.05) is 31.8 Å². The van der Waals surface area contributed by atoms with E-state index in [2.05, 4.69) is 10.6 Å². The van der Waals surface area contributed by atoms with E-state index in [0.29, 0.717) is 0 Å². The van der Waals surface area contributed by atoms with Crippen LogP contribution in [0.5, 0.6) is 0 Å². The van der Waals surface area contributed by atoms with Gasteiger partial charge >= 0.3 is 6.03 Å². The van der Waals surface area contributed by atoms with E-state index >= 15 is 0 Å². The van der Waals surface area contributed by atoms with Crippen molar-refractivity contribution in [3.8, 4) is 0 Å². The lowest BCUT2D eigenvalue weighted by Crippen LogP contribution is -2.41. The Morgan fingerprint density at radius 2 is 1.59 bits per heavy atom. The average molecular weight is 313 g/mol. The van der Waals surface area contributed by atoms with E-state index < -0.39 is 0 Å². The Bertz CT molecular complexity index is 313. The Morgan fingerprint density at radius 3 is 2.05 bits per heavy atom. The number of carbonyl (C=O) groups is 2. The Morgan fingerprint density at radius 1 is 1.00 bits per heavy atom. The van der Waals surface area contributed by atoms with E-state index in [1.807, 2.05) is 32.6 Å². The normalized spacial score (nSPS) is 20.8. The SMILES string of the molecule is CC(C)NC(=O)C1CCCO1.CC(C)NC(=O)N1CCCC1. The summed E-state index contributed by atoms with van der Waals surface area (Å²) in [5.74, 6) is 0.0394. The molecular weight excluding hydrogens is 282 g/mol. The zero-order chi connectivity index (χ0) is 16.5. The minimum absolute atomic E-state index is 0.0394. The van der Waals surface area contributed by atoms with E-state index in [9.17, 15) is 9.59 Å². The van der Waals surface area contributed by atoms with Crippen molar-refractivity contribution in [1.82, 2.24) is 15.5 Å². The topological polar surface area (TPSA) is 70.7 Å². The molecule has 6 heteroatoms. The van der Waals surface area contributed by atoms with Crippen LogP contribution in [0.25, 0.3) is 0 Å². The summed E-state index contributed by atoms with van der Waals surface area (Å²) < 4.78 is 5.20. The highest BCUT2D eigenvalue weighted by Gasteiger charge is 2.23. The number of ether oxygens (including phenoxy) is 1. The number of nitrogens with zero attached hydrogens (tertiary/aromatic N) is 1. The Labute approximate surface area is 134 Å². The van der Waals surface area contributed by atoms with Crippen molar-refractivity contribution >= 4 is 11.9 Å².